The number of phenols is 1. The summed E-state index contributed by atoms with van der Waals surface area (Å²) >= 11 is 0. The monoisotopic (exact) mass is 168 g/mol. The molecular formula is C10H13FO. The van der Waals surface area contributed by atoms with Crippen molar-refractivity contribution in [1.82, 2.24) is 0 Å². The number of rotatable bonds is 2. The molecule has 0 spiro atoms. The molecule has 0 heterocycles. The minimum Gasteiger partial charge on any atom is -0.508 e. The molecule has 1 aromatic carbocycles. The van der Waals surface area contributed by atoms with Gasteiger partial charge in [0.2, 0.25) is 0 Å². The lowest BCUT2D eigenvalue weighted by molar-refractivity contribution is 0.456. The van der Waals surface area contributed by atoms with Crippen LogP contribution in [0, 0.1) is 5.82 Å². The zero-order valence-electron chi connectivity index (χ0n) is 7.34. The zero-order valence-corrected chi connectivity index (χ0v) is 7.34. The molecule has 0 amide bonds. The summed E-state index contributed by atoms with van der Waals surface area (Å²) < 4.78 is 12.6. The van der Waals surface area contributed by atoms with Gasteiger partial charge in [-0.3, -0.25) is 0 Å². The van der Waals surface area contributed by atoms with E-state index in [-0.39, 0.29) is 17.5 Å². The summed E-state index contributed by atoms with van der Waals surface area (Å²) in [6, 6.07) is 4.17. The van der Waals surface area contributed by atoms with Crippen LogP contribution in [-0.4, -0.2) is 5.11 Å². The fourth-order valence-corrected chi connectivity index (χ4v) is 1.15. The maximum atomic E-state index is 12.6. The quantitative estimate of drug-likeness (QED) is 0.719. The molecule has 12 heavy (non-hydrogen) atoms. The molecule has 1 rings (SSSR count). The molecule has 1 N–H and O–H groups in total. The highest BCUT2D eigenvalue weighted by atomic mass is 19.1. The van der Waals surface area contributed by atoms with Crippen LogP contribution in [0.2, 0.25) is 0 Å². The Morgan fingerprint density at radius 3 is 2.67 bits per heavy atom. The fourth-order valence-electron chi connectivity index (χ4n) is 1.15. The molecule has 0 saturated heterocycles. The van der Waals surface area contributed by atoms with Crippen molar-refractivity contribution < 1.29 is 9.50 Å². The fraction of sp³-hybridized carbons (Fsp3) is 0.400. The van der Waals surface area contributed by atoms with Crippen molar-refractivity contribution >= 4 is 0 Å². The van der Waals surface area contributed by atoms with Crippen LogP contribution in [0.3, 0.4) is 0 Å². The predicted octanol–water partition coefficient (Wildman–Crippen LogP) is 3.04. The summed E-state index contributed by atoms with van der Waals surface area (Å²) in [5, 5.41) is 9.35. The molecule has 0 saturated carbocycles. The zero-order chi connectivity index (χ0) is 9.14. The molecule has 1 atom stereocenters. The van der Waals surface area contributed by atoms with E-state index < -0.39 is 0 Å². The molecule has 1 unspecified atom stereocenters. The summed E-state index contributed by atoms with van der Waals surface area (Å²) in [7, 11) is 0. The summed E-state index contributed by atoms with van der Waals surface area (Å²) in [5.74, 6) is -0.0468. The van der Waals surface area contributed by atoms with E-state index in [0.717, 1.165) is 18.1 Å². The van der Waals surface area contributed by atoms with Crippen LogP contribution in [0.4, 0.5) is 4.39 Å². The molecule has 0 aliphatic rings. The third kappa shape index (κ3) is 1.76. The number of hydrogen-bond donors (Lipinski definition) is 1. The van der Waals surface area contributed by atoms with Crippen molar-refractivity contribution in [1.29, 1.82) is 0 Å². The maximum Gasteiger partial charge on any atom is 0.126 e. The first-order chi connectivity index (χ1) is 5.65. The third-order valence-corrected chi connectivity index (χ3v) is 2.14. The first-order valence-electron chi connectivity index (χ1n) is 4.13. The van der Waals surface area contributed by atoms with Gasteiger partial charge in [0, 0.05) is 6.07 Å². The van der Waals surface area contributed by atoms with Gasteiger partial charge < -0.3 is 5.11 Å². The van der Waals surface area contributed by atoms with Crippen LogP contribution in [0.15, 0.2) is 18.2 Å². The molecule has 2 heteroatoms. The van der Waals surface area contributed by atoms with E-state index in [1.54, 1.807) is 6.07 Å². The highest BCUT2D eigenvalue weighted by Gasteiger charge is 2.08. The van der Waals surface area contributed by atoms with Crippen LogP contribution >= 0.6 is 0 Å². The van der Waals surface area contributed by atoms with Gasteiger partial charge in [-0.2, -0.15) is 0 Å². The van der Waals surface area contributed by atoms with Gasteiger partial charge in [0.25, 0.3) is 0 Å². The highest BCUT2D eigenvalue weighted by Crippen LogP contribution is 2.27. The Labute approximate surface area is 71.9 Å². The van der Waals surface area contributed by atoms with E-state index in [1.807, 2.05) is 13.8 Å². The van der Waals surface area contributed by atoms with Crippen molar-refractivity contribution in [2.45, 2.75) is 26.2 Å². The average molecular weight is 168 g/mol. The Balaban J connectivity index is 3.01. The smallest absolute Gasteiger partial charge is 0.126 e. The summed E-state index contributed by atoms with van der Waals surface area (Å²) in [6.45, 7) is 4.04. The Bertz CT molecular complexity index is 271. The lowest BCUT2D eigenvalue weighted by Crippen LogP contribution is -1.92. The molecule has 0 bridgehead atoms. The van der Waals surface area contributed by atoms with Gasteiger partial charge in [0.05, 0.1) is 0 Å². The first-order valence-corrected chi connectivity index (χ1v) is 4.13. The third-order valence-electron chi connectivity index (χ3n) is 2.14. The topological polar surface area (TPSA) is 20.2 Å². The molecule has 0 aromatic heterocycles. The summed E-state index contributed by atoms with van der Waals surface area (Å²) in [5.41, 5.74) is 0.818. The van der Waals surface area contributed by atoms with Crippen LogP contribution < -0.4 is 0 Å². The SMILES string of the molecule is CCC(C)c1ccc(F)cc1O. The van der Waals surface area contributed by atoms with Crippen LogP contribution in [-0.2, 0) is 0 Å². The largest absolute Gasteiger partial charge is 0.508 e. The Morgan fingerprint density at radius 2 is 2.17 bits per heavy atom. The van der Waals surface area contributed by atoms with E-state index in [0.29, 0.717) is 0 Å². The van der Waals surface area contributed by atoms with E-state index >= 15 is 0 Å². The summed E-state index contributed by atoms with van der Waals surface area (Å²) in [6.07, 6.45) is 0.944. The molecular weight excluding hydrogens is 155 g/mol. The van der Waals surface area contributed by atoms with Crippen molar-refractivity contribution in [2.75, 3.05) is 0 Å². The number of hydrogen-bond acceptors (Lipinski definition) is 1. The van der Waals surface area contributed by atoms with E-state index in [4.69, 9.17) is 0 Å². The standard InChI is InChI=1S/C10H13FO/c1-3-7(2)9-5-4-8(11)6-10(9)12/h4-7,12H,3H2,1-2H3. The van der Waals surface area contributed by atoms with Gasteiger partial charge >= 0.3 is 0 Å². The second-order valence-electron chi connectivity index (χ2n) is 3.01. The molecule has 0 aliphatic heterocycles. The second-order valence-corrected chi connectivity index (χ2v) is 3.01. The number of halogens is 1. The number of aromatic hydroxyl groups is 1. The Kier molecular flexibility index (Phi) is 2.69. The van der Waals surface area contributed by atoms with Crippen molar-refractivity contribution in [3.8, 4) is 5.75 Å². The van der Waals surface area contributed by atoms with Gasteiger partial charge in [-0.25, -0.2) is 4.39 Å². The van der Waals surface area contributed by atoms with Crippen LogP contribution in [0.25, 0.3) is 0 Å². The van der Waals surface area contributed by atoms with Crippen molar-refractivity contribution in [3.05, 3.63) is 29.6 Å². The Morgan fingerprint density at radius 1 is 1.50 bits per heavy atom. The minimum atomic E-state index is -0.389. The van der Waals surface area contributed by atoms with E-state index in [9.17, 15) is 9.50 Å². The van der Waals surface area contributed by atoms with Gasteiger partial charge in [-0.05, 0) is 24.0 Å². The normalized spacial score (nSPS) is 12.9. The van der Waals surface area contributed by atoms with Gasteiger partial charge in [0.15, 0.2) is 0 Å². The van der Waals surface area contributed by atoms with Gasteiger partial charge in [0.1, 0.15) is 11.6 Å². The van der Waals surface area contributed by atoms with E-state index in [1.165, 1.54) is 6.07 Å². The van der Waals surface area contributed by atoms with E-state index in [2.05, 4.69) is 0 Å². The first kappa shape index (κ1) is 9.04. The lowest BCUT2D eigenvalue weighted by atomic mass is 9.98. The minimum absolute atomic E-state index is 0.0596. The number of benzene rings is 1. The maximum absolute atomic E-state index is 12.6. The van der Waals surface area contributed by atoms with Crippen molar-refractivity contribution in [3.63, 3.8) is 0 Å². The number of phenolic OH excluding ortho intramolecular Hbond substituents is 1. The predicted molar refractivity (Wildman–Crippen MR) is 46.8 cm³/mol. The van der Waals surface area contributed by atoms with Crippen LogP contribution in [0.5, 0.6) is 5.75 Å². The summed E-state index contributed by atoms with van der Waals surface area (Å²) in [4.78, 5) is 0. The molecule has 1 nitrogen and oxygen atoms in total. The van der Waals surface area contributed by atoms with Gasteiger partial charge in [-0.15, -0.1) is 0 Å². The Hall–Kier alpha value is -1.05. The van der Waals surface area contributed by atoms with Crippen molar-refractivity contribution in [2.24, 2.45) is 0 Å². The molecule has 0 fully saturated rings. The lowest BCUT2D eigenvalue weighted by Gasteiger charge is -2.10. The molecule has 0 radical (unpaired) electrons. The van der Waals surface area contributed by atoms with Crippen LogP contribution in [0.1, 0.15) is 31.7 Å². The van der Waals surface area contributed by atoms with Gasteiger partial charge in [-0.1, -0.05) is 19.9 Å². The second kappa shape index (κ2) is 3.57. The highest BCUT2D eigenvalue weighted by molar-refractivity contribution is 5.35. The molecule has 66 valence electrons. The average Bonchev–Trinajstić information content (AvgIpc) is 2.03. The molecule has 1 aromatic rings. The molecule has 0 aliphatic carbocycles.